The van der Waals surface area contributed by atoms with E-state index in [1.807, 2.05) is 51.1 Å². The topological polar surface area (TPSA) is 60.8 Å². The van der Waals surface area contributed by atoms with Crippen molar-refractivity contribution >= 4 is 0 Å². The quantitative estimate of drug-likeness (QED) is 0.783. The highest BCUT2D eigenvalue weighted by Gasteiger charge is 2.09. The van der Waals surface area contributed by atoms with Crippen molar-refractivity contribution in [2.45, 2.75) is 39.2 Å². The minimum Gasteiger partial charge on any atom is -0.376 e. The maximum atomic E-state index is 5.65. The van der Waals surface area contributed by atoms with Crippen LogP contribution in [0, 0.1) is 0 Å². The molecule has 1 heterocycles. The Morgan fingerprint density at radius 1 is 0.950 bits per heavy atom. The Bertz CT molecular complexity index is 520. The van der Waals surface area contributed by atoms with Crippen LogP contribution in [-0.2, 0) is 11.2 Å². The standard InChI is InChI=1S/C15H20N4O/c1-15(2,3)20-11-7-10-13-16-18-14(19-17-13)12-8-5-4-6-9-12/h4-6,8-9H,7,10-11H2,1-3H3. The number of hydrogen-bond donors (Lipinski definition) is 0. The molecule has 5 heteroatoms. The Balaban J connectivity index is 1.86. The fourth-order valence-corrected chi connectivity index (χ4v) is 1.66. The maximum absolute atomic E-state index is 5.65. The Kier molecular flexibility index (Phi) is 4.74. The van der Waals surface area contributed by atoms with Crippen LogP contribution in [-0.4, -0.2) is 32.6 Å². The molecule has 0 radical (unpaired) electrons. The van der Waals surface area contributed by atoms with Crippen LogP contribution in [0.15, 0.2) is 30.3 Å². The summed E-state index contributed by atoms with van der Waals surface area (Å²) in [4.78, 5) is 0. The summed E-state index contributed by atoms with van der Waals surface area (Å²) in [5.41, 5.74) is 0.823. The van der Waals surface area contributed by atoms with E-state index in [0.29, 0.717) is 18.3 Å². The molecule has 2 aromatic rings. The summed E-state index contributed by atoms with van der Waals surface area (Å²) < 4.78 is 5.65. The van der Waals surface area contributed by atoms with Crippen molar-refractivity contribution < 1.29 is 4.74 Å². The molecule has 0 bridgehead atoms. The monoisotopic (exact) mass is 272 g/mol. The number of aromatic nitrogens is 4. The second-order valence-corrected chi connectivity index (χ2v) is 5.57. The highest BCUT2D eigenvalue weighted by molar-refractivity contribution is 5.52. The molecule has 5 nitrogen and oxygen atoms in total. The third-order valence-corrected chi connectivity index (χ3v) is 2.63. The molecule has 0 aliphatic rings. The van der Waals surface area contributed by atoms with Crippen molar-refractivity contribution in [2.75, 3.05) is 6.61 Å². The highest BCUT2D eigenvalue weighted by Crippen LogP contribution is 2.11. The predicted molar refractivity (Wildman–Crippen MR) is 77.1 cm³/mol. The summed E-state index contributed by atoms with van der Waals surface area (Å²) in [6.45, 7) is 6.82. The summed E-state index contributed by atoms with van der Waals surface area (Å²) in [6, 6.07) is 9.71. The minimum absolute atomic E-state index is 0.103. The molecule has 0 amide bonds. The smallest absolute Gasteiger partial charge is 0.203 e. The van der Waals surface area contributed by atoms with Gasteiger partial charge in [-0.1, -0.05) is 30.3 Å². The zero-order chi connectivity index (χ0) is 14.4. The van der Waals surface area contributed by atoms with Crippen LogP contribution in [0.4, 0.5) is 0 Å². The van der Waals surface area contributed by atoms with Crippen molar-refractivity contribution in [3.05, 3.63) is 36.2 Å². The van der Waals surface area contributed by atoms with Crippen LogP contribution in [0.3, 0.4) is 0 Å². The van der Waals surface area contributed by atoms with Crippen molar-refractivity contribution in [1.82, 2.24) is 20.4 Å². The lowest BCUT2D eigenvalue weighted by Gasteiger charge is -2.19. The average Bonchev–Trinajstić information content (AvgIpc) is 2.44. The van der Waals surface area contributed by atoms with Gasteiger partial charge in [0, 0.05) is 18.6 Å². The average molecular weight is 272 g/mol. The Hall–Kier alpha value is -1.88. The third kappa shape index (κ3) is 4.66. The van der Waals surface area contributed by atoms with Gasteiger partial charge in [-0.15, -0.1) is 20.4 Å². The van der Waals surface area contributed by atoms with E-state index in [2.05, 4.69) is 20.4 Å². The first-order valence-electron chi connectivity index (χ1n) is 6.80. The summed E-state index contributed by atoms with van der Waals surface area (Å²) in [6.07, 6.45) is 1.59. The van der Waals surface area contributed by atoms with E-state index in [1.54, 1.807) is 0 Å². The molecule has 0 N–H and O–H groups in total. The van der Waals surface area contributed by atoms with Crippen molar-refractivity contribution in [2.24, 2.45) is 0 Å². The van der Waals surface area contributed by atoms with Crippen LogP contribution in [0.25, 0.3) is 11.4 Å². The van der Waals surface area contributed by atoms with Crippen LogP contribution in [0.5, 0.6) is 0 Å². The summed E-state index contributed by atoms with van der Waals surface area (Å²) in [5, 5.41) is 16.4. The van der Waals surface area contributed by atoms with Crippen LogP contribution >= 0.6 is 0 Å². The fraction of sp³-hybridized carbons (Fsp3) is 0.467. The molecular weight excluding hydrogens is 252 g/mol. The van der Waals surface area contributed by atoms with E-state index >= 15 is 0 Å². The molecule has 2 rings (SSSR count). The van der Waals surface area contributed by atoms with Gasteiger partial charge in [-0.3, -0.25) is 0 Å². The second-order valence-electron chi connectivity index (χ2n) is 5.57. The minimum atomic E-state index is -0.103. The van der Waals surface area contributed by atoms with Gasteiger partial charge in [0.2, 0.25) is 5.82 Å². The van der Waals surface area contributed by atoms with E-state index in [4.69, 9.17) is 4.74 Å². The molecule has 0 atom stereocenters. The normalized spacial score (nSPS) is 11.6. The van der Waals surface area contributed by atoms with Crippen LogP contribution in [0.2, 0.25) is 0 Å². The van der Waals surface area contributed by atoms with Gasteiger partial charge in [-0.05, 0) is 27.2 Å². The molecule has 0 saturated carbocycles. The molecular formula is C15H20N4O. The van der Waals surface area contributed by atoms with Gasteiger partial charge in [0.05, 0.1) is 5.60 Å². The van der Waals surface area contributed by atoms with Crippen LogP contribution < -0.4 is 0 Å². The SMILES string of the molecule is CC(C)(C)OCCCc1nnc(-c2ccccc2)nn1. The van der Waals surface area contributed by atoms with Gasteiger partial charge in [-0.25, -0.2) is 0 Å². The number of benzene rings is 1. The number of aryl methyl sites for hydroxylation is 1. The molecule has 0 saturated heterocycles. The largest absolute Gasteiger partial charge is 0.376 e. The van der Waals surface area contributed by atoms with Gasteiger partial charge in [0.15, 0.2) is 5.82 Å². The number of hydrogen-bond acceptors (Lipinski definition) is 5. The Morgan fingerprint density at radius 3 is 2.20 bits per heavy atom. The van der Waals surface area contributed by atoms with Crippen LogP contribution in [0.1, 0.15) is 33.0 Å². The van der Waals surface area contributed by atoms with Gasteiger partial charge in [0.25, 0.3) is 0 Å². The number of nitrogens with zero attached hydrogens (tertiary/aromatic N) is 4. The van der Waals surface area contributed by atoms with E-state index in [9.17, 15) is 0 Å². The molecule has 0 spiro atoms. The molecule has 0 aliphatic heterocycles. The highest BCUT2D eigenvalue weighted by atomic mass is 16.5. The van der Waals surface area contributed by atoms with Crippen molar-refractivity contribution in [3.63, 3.8) is 0 Å². The van der Waals surface area contributed by atoms with Crippen molar-refractivity contribution in [1.29, 1.82) is 0 Å². The first-order chi connectivity index (χ1) is 9.54. The lowest BCUT2D eigenvalue weighted by molar-refractivity contribution is -0.00403. The molecule has 1 aromatic carbocycles. The summed E-state index contributed by atoms with van der Waals surface area (Å²) >= 11 is 0. The van der Waals surface area contributed by atoms with E-state index in [0.717, 1.165) is 18.4 Å². The first kappa shape index (κ1) is 14.5. The third-order valence-electron chi connectivity index (χ3n) is 2.63. The molecule has 0 aliphatic carbocycles. The number of rotatable bonds is 5. The molecule has 20 heavy (non-hydrogen) atoms. The van der Waals surface area contributed by atoms with Gasteiger partial charge >= 0.3 is 0 Å². The van der Waals surface area contributed by atoms with E-state index in [1.165, 1.54) is 0 Å². The fourth-order valence-electron chi connectivity index (χ4n) is 1.66. The van der Waals surface area contributed by atoms with Gasteiger partial charge in [0.1, 0.15) is 0 Å². The predicted octanol–water partition coefficient (Wildman–Crippen LogP) is 2.68. The summed E-state index contributed by atoms with van der Waals surface area (Å²) in [5.74, 6) is 1.21. The molecule has 1 aromatic heterocycles. The molecule has 106 valence electrons. The lowest BCUT2D eigenvalue weighted by atomic mass is 10.2. The van der Waals surface area contributed by atoms with Gasteiger partial charge < -0.3 is 4.74 Å². The van der Waals surface area contributed by atoms with E-state index in [-0.39, 0.29) is 5.60 Å². The molecule has 0 unspecified atom stereocenters. The second kappa shape index (κ2) is 6.52. The zero-order valence-corrected chi connectivity index (χ0v) is 12.2. The Labute approximate surface area is 119 Å². The first-order valence-corrected chi connectivity index (χ1v) is 6.80. The summed E-state index contributed by atoms with van der Waals surface area (Å²) in [7, 11) is 0. The maximum Gasteiger partial charge on any atom is 0.203 e. The van der Waals surface area contributed by atoms with E-state index < -0.39 is 0 Å². The number of ether oxygens (including phenoxy) is 1. The van der Waals surface area contributed by atoms with Gasteiger partial charge in [-0.2, -0.15) is 0 Å². The Morgan fingerprint density at radius 2 is 1.60 bits per heavy atom. The zero-order valence-electron chi connectivity index (χ0n) is 12.2. The van der Waals surface area contributed by atoms with Crippen molar-refractivity contribution in [3.8, 4) is 11.4 Å². The molecule has 0 fully saturated rings. The lowest BCUT2D eigenvalue weighted by Crippen LogP contribution is -2.20.